The number of fused-ring (bicyclic) bond motifs is 1. The minimum atomic E-state index is 0.694. The van der Waals surface area contributed by atoms with Gasteiger partial charge in [0.05, 0.1) is 34.0 Å². The molecule has 0 fully saturated rings. The van der Waals surface area contributed by atoms with Crippen LogP contribution in [0.25, 0.3) is 11.0 Å². The Kier molecular flexibility index (Phi) is 3.26. The first-order valence-corrected chi connectivity index (χ1v) is 7.11. The topological polar surface area (TPSA) is 35.6 Å². The third-order valence-electron chi connectivity index (χ3n) is 3.62. The van der Waals surface area contributed by atoms with Crippen LogP contribution < -0.4 is 0 Å². The van der Waals surface area contributed by atoms with Crippen molar-refractivity contribution in [1.82, 2.24) is 19.3 Å². The lowest BCUT2D eigenvalue weighted by atomic mass is 10.3. The molecule has 0 spiro atoms. The van der Waals surface area contributed by atoms with Gasteiger partial charge in [0.25, 0.3) is 0 Å². The summed E-state index contributed by atoms with van der Waals surface area (Å²) in [5.74, 6) is 1.07. The second-order valence-corrected chi connectivity index (χ2v) is 5.30. The van der Waals surface area contributed by atoms with E-state index in [0.29, 0.717) is 6.54 Å². The van der Waals surface area contributed by atoms with E-state index in [1.807, 2.05) is 36.9 Å². The number of halogens is 1. The van der Waals surface area contributed by atoms with Crippen LogP contribution in [-0.2, 0) is 20.0 Å². The van der Waals surface area contributed by atoms with Gasteiger partial charge >= 0.3 is 0 Å². The first-order valence-electron chi connectivity index (χ1n) is 6.74. The van der Waals surface area contributed by atoms with Crippen molar-refractivity contribution in [3.8, 4) is 0 Å². The van der Waals surface area contributed by atoms with E-state index in [9.17, 15) is 0 Å². The Morgan fingerprint density at radius 2 is 2.00 bits per heavy atom. The largest absolute Gasteiger partial charge is 0.322 e. The fraction of sp³-hybridized carbons (Fsp3) is 0.333. The molecule has 0 saturated heterocycles. The van der Waals surface area contributed by atoms with E-state index in [-0.39, 0.29) is 0 Å². The average molecular weight is 289 g/mol. The molecule has 0 saturated carbocycles. The van der Waals surface area contributed by atoms with Crippen LogP contribution in [0.1, 0.15) is 24.1 Å². The van der Waals surface area contributed by atoms with Crippen LogP contribution in [0.2, 0.25) is 5.02 Å². The van der Waals surface area contributed by atoms with Gasteiger partial charge < -0.3 is 4.57 Å². The smallest absolute Gasteiger partial charge is 0.109 e. The number of hydrogen-bond acceptors (Lipinski definition) is 2. The number of rotatable bonds is 3. The molecule has 4 nitrogen and oxygen atoms in total. The summed E-state index contributed by atoms with van der Waals surface area (Å²) in [6.45, 7) is 4.74. The molecule has 20 heavy (non-hydrogen) atoms. The zero-order valence-corrected chi connectivity index (χ0v) is 12.6. The fourth-order valence-electron chi connectivity index (χ4n) is 2.57. The third-order valence-corrected chi connectivity index (χ3v) is 4.11. The van der Waals surface area contributed by atoms with E-state index < -0.39 is 0 Å². The number of benzene rings is 1. The van der Waals surface area contributed by atoms with Gasteiger partial charge in [0, 0.05) is 13.5 Å². The summed E-state index contributed by atoms with van der Waals surface area (Å²) in [4.78, 5) is 4.68. The van der Waals surface area contributed by atoms with Crippen molar-refractivity contribution < 1.29 is 0 Å². The van der Waals surface area contributed by atoms with E-state index >= 15 is 0 Å². The Morgan fingerprint density at radius 1 is 1.25 bits per heavy atom. The predicted octanol–water partition coefficient (Wildman–Crippen LogP) is 3.34. The van der Waals surface area contributed by atoms with Crippen LogP contribution in [0.15, 0.2) is 24.3 Å². The van der Waals surface area contributed by atoms with Crippen LogP contribution in [0.5, 0.6) is 0 Å². The highest BCUT2D eigenvalue weighted by molar-refractivity contribution is 6.31. The van der Waals surface area contributed by atoms with Gasteiger partial charge in [0.2, 0.25) is 0 Å². The lowest BCUT2D eigenvalue weighted by Crippen LogP contribution is -2.08. The minimum absolute atomic E-state index is 0.694. The molecular weight excluding hydrogens is 272 g/mol. The molecule has 0 aliphatic heterocycles. The zero-order valence-electron chi connectivity index (χ0n) is 11.9. The van der Waals surface area contributed by atoms with E-state index in [1.54, 1.807) is 0 Å². The maximum atomic E-state index is 6.36. The Balaban J connectivity index is 2.14. The number of para-hydroxylation sites is 2. The first-order chi connectivity index (χ1) is 9.61. The van der Waals surface area contributed by atoms with Gasteiger partial charge in [-0.25, -0.2) is 4.98 Å². The fourth-order valence-corrected chi connectivity index (χ4v) is 2.79. The predicted molar refractivity (Wildman–Crippen MR) is 81.2 cm³/mol. The number of aromatic nitrogens is 4. The standard InChI is InChI=1S/C15H17ClN4/c1-4-14-17-11-7-5-6-8-12(11)20(14)9-13-15(16)10(2)18-19(13)3/h5-8H,4,9H2,1-3H3. The molecule has 104 valence electrons. The second kappa shape index (κ2) is 4.94. The van der Waals surface area contributed by atoms with Gasteiger partial charge in [0.15, 0.2) is 0 Å². The highest BCUT2D eigenvalue weighted by Crippen LogP contribution is 2.23. The van der Waals surface area contributed by atoms with Gasteiger partial charge in [0.1, 0.15) is 5.82 Å². The summed E-state index contributed by atoms with van der Waals surface area (Å²) < 4.78 is 4.07. The van der Waals surface area contributed by atoms with Crippen molar-refractivity contribution >= 4 is 22.6 Å². The first kappa shape index (κ1) is 13.2. The summed E-state index contributed by atoms with van der Waals surface area (Å²) in [6.07, 6.45) is 0.892. The highest BCUT2D eigenvalue weighted by Gasteiger charge is 2.15. The van der Waals surface area contributed by atoms with Crippen LogP contribution in [-0.4, -0.2) is 19.3 Å². The molecule has 0 bridgehead atoms. The minimum Gasteiger partial charge on any atom is -0.322 e. The lowest BCUT2D eigenvalue weighted by molar-refractivity contribution is 0.654. The van der Waals surface area contributed by atoms with Crippen molar-refractivity contribution in [2.75, 3.05) is 0 Å². The van der Waals surface area contributed by atoms with Crippen molar-refractivity contribution in [2.45, 2.75) is 26.8 Å². The van der Waals surface area contributed by atoms with Crippen LogP contribution >= 0.6 is 11.6 Å². The summed E-state index contributed by atoms with van der Waals surface area (Å²) in [5, 5.41) is 5.12. The van der Waals surface area contributed by atoms with Gasteiger partial charge in [-0.3, -0.25) is 4.68 Å². The van der Waals surface area contributed by atoms with Crippen molar-refractivity contribution in [2.24, 2.45) is 7.05 Å². The highest BCUT2D eigenvalue weighted by atomic mass is 35.5. The number of imidazole rings is 1. The molecule has 0 aliphatic carbocycles. The molecule has 2 aromatic heterocycles. The molecule has 0 atom stereocenters. The normalized spacial score (nSPS) is 11.4. The molecular formula is C15H17ClN4. The molecule has 3 rings (SSSR count). The molecule has 5 heteroatoms. The van der Waals surface area contributed by atoms with Gasteiger partial charge in [-0.15, -0.1) is 0 Å². The molecule has 2 heterocycles. The number of aryl methyl sites for hydroxylation is 3. The molecule has 0 amide bonds. The Labute approximate surface area is 123 Å². The Bertz CT molecular complexity index is 770. The van der Waals surface area contributed by atoms with Crippen molar-refractivity contribution in [3.05, 3.63) is 46.5 Å². The lowest BCUT2D eigenvalue weighted by Gasteiger charge is -2.09. The molecule has 0 radical (unpaired) electrons. The van der Waals surface area contributed by atoms with Crippen LogP contribution in [0.4, 0.5) is 0 Å². The van der Waals surface area contributed by atoms with E-state index in [1.165, 1.54) is 0 Å². The van der Waals surface area contributed by atoms with E-state index in [2.05, 4.69) is 27.6 Å². The Morgan fingerprint density at radius 3 is 2.65 bits per heavy atom. The third kappa shape index (κ3) is 2.00. The quantitative estimate of drug-likeness (QED) is 0.741. The zero-order chi connectivity index (χ0) is 14.3. The summed E-state index contributed by atoms with van der Waals surface area (Å²) >= 11 is 6.36. The molecule has 0 unspecified atom stereocenters. The van der Waals surface area contributed by atoms with Crippen LogP contribution in [0.3, 0.4) is 0 Å². The van der Waals surface area contributed by atoms with Gasteiger partial charge in [-0.1, -0.05) is 30.7 Å². The molecule has 3 aromatic rings. The maximum Gasteiger partial charge on any atom is 0.109 e. The van der Waals surface area contributed by atoms with Crippen LogP contribution in [0, 0.1) is 6.92 Å². The van der Waals surface area contributed by atoms with Crippen molar-refractivity contribution in [1.29, 1.82) is 0 Å². The molecule has 0 aliphatic rings. The summed E-state index contributed by atoms with van der Waals surface area (Å²) in [6, 6.07) is 8.19. The number of hydrogen-bond donors (Lipinski definition) is 0. The summed E-state index contributed by atoms with van der Waals surface area (Å²) in [7, 11) is 1.93. The molecule has 1 aromatic carbocycles. The van der Waals surface area contributed by atoms with Crippen molar-refractivity contribution in [3.63, 3.8) is 0 Å². The van der Waals surface area contributed by atoms with E-state index in [4.69, 9.17) is 11.6 Å². The van der Waals surface area contributed by atoms with Gasteiger partial charge in [-0.05, 0) is 19.1 Å². The molecule has 0 N–H and O–H groups in total. The monoisotopic (exact) mass is 288 g/mol. The maximum absolute atomic E-state index is 6.36. The Hall–Kier alpha value is -1.81. The second-order valence-electron chi connectivity index (χ2n) is 4.93. The summed E-state index contributed by atoms with van der Waals surface area (Å²) in [5.41, 5.74) is 4.05. The number of nitrogens with zero attached hydrogens (tertiary/aromatic N) is 4. The van der Waals surface area contributed by atoms with Gasteiger partial charge in [-0.2, -0.15) is 5.10 Å². The van der Waals surface area contributed by atoms with E-state index in [0.717, 1.165) is 39.7 Å². The SMILES string of the molecule is CCc1nc2ccccc2n1Cc1c(Cl)c(C)nn1C. The average Bonchev–Trinajstić information content (AvgIpc) is 2.92.